The van der Waals surface area contributed by atoms with Crippen molar-refractivity contribution >= 4 is 35.4 Å². The van der Waals surface area contributed by atoms with Gasteiger partial charge in [-0.3, -0.25) is 9.59 Å². The van der Waals surface area contributed by atoms with Crippen molar-refractivity contribution in [3.05, 3.63) is 63.1 Å². The van der Waals surface area contributed by atoms with Crippen LogP contribution in [0, 0.1) is 0 Å². The van der Waals surface area contributed by atoms with Crippen LogP contribution in [0.2, 0.25) is 10.0 Å². The van der Waals surface area contributed by atoms with Crippen LogP contribution >= 0.6 is 23.2 Å². The summed E-state index contributed by atoms with van der Waals surface area (Å²) in [5.74, 6) is -0.640. The zero-order valence-corrected chi connectivity index (χ0v) is 13.2. The van der Waals surface area contributed by atoms with Crippen molar-refractivity contribution in [1.82, 2.24) is 4.90 Å². The molecule has 0 unspecified atom stereocenters. The first kappa shape index (κ1) is 16.3. The normalized spacial score (nSPS) is 10.3. The molecule has 114 valence electrons. The fourth-order valence-electron chi connectivity index (χ4n) is 2.06. The Hall–Kier alpha value is -2.04. The molecule has 0 atom stereocenters. The minimum Gasteiger partial charge on any atom is -0.507 e. The molecule has 1 N–H and O–H groups in total. The van der Waals surface area contributed by atoms with Crippen molar-refractivity contribution < 1.29 is 14.7 Å². The summed E-state index contributed by atoms with van der Waals surface area (Å²) in [5, 5.41) is 10.6. The predicted molar refractivity (Wildman–Crippen MR) is 85.8 cm³/mol. The highest BCUT2D eigenvalue weighted by molar-refractivity contribution is 6.36. The number of carbonyl (C=O) groups is 2. The molecule has 2 aromatic rings. The quantitative estimate of drug-likeness (QED) is 0.863. The molecule has 0 heterocycles. The molecule has 0 aliphatic carbocycles. The maximum atomic E-state index is 12.5. The lowest BCUT2D eigenvalue weighted by Gasteiger charge is -2.20. The number of aromatic hydroxyl groups is 1. The summed E-state index contributed by atoms with van der Waals surface area (Å²) >= 11 is 12.2. The van der Waals surface area contributed by atoms with Crippen LogP contribution in [0.3, 0.4) is 0 Å². The molecule has 0 aromatic heterocycles. The van der Waals surface area contributed by atoms with Gasteiger partial charge in [-0.25, -0.2) is 0 Å². The third-order valence-electron chi connectivity index (χ3n) is 3.24. The van der Waals surface area contributed by atoms with Crippen molar-refractivity contribution in [2.45, 2.75) is 6.54 Å². The Morgan fingerprint density at radius 2 is 1.77 bits per heavy atom. The molecule has 0 spiro atoms. The number of benzene rings is 2. The first-order chi connectivity index (χ1) is 10.5. The van der Waals surface area contributed by atoms with Crippen LogP contribution < -0.4 is 0 Å². The number of aldehydes is 1. The van der Waals surface area contributed by atoms with Crippen LogP contribution in [0.4, 0.5) is 0 Å². The van der Waals surface area contributed by atoms with Gasteiger partial charge in [-0.05, 0) is 24.3 Å². The van der Waals surface area contributed by atoms with E-state index in [1.807, 2.05) is 0 Å². The molecular weight excluding hydrogens is 325 g/mol. The molecule has 0 bridgehead atoms. The number of nitrogens with zero attached hydrogens (tertiary/aromatic N) is 1. The molecule has 1 amide bonds. The molecule has 0 saturated heterocycles. The maximum Gasteiger partial charge on any atom is 0.254 e. The second kappa shape index (κ2) is 6.81. The fourth-order valence-corrected chi connectivity index (χ4v) is 2.58. The monoisotopic (exact) mass is 337 g/mol. The number of halogens is 2. The third kappa shape index (κ3) is 3.24. The number of hydrogen-bond acceptors (Lipinski definition) is 3. The zero-order chi connectivity index (χ0) is 16.3. The summed E-state index contributed by atoms with van der Waals surface area (Å²) in [6.45, 7) is 0.186. The molecular formula is C16H13Cl2NO3. The first-order valence-electron chi connectivity index (χ1n) is 6.41. The fraction of sp³-hybridized carbons (Fsp3) is 0.125. The van der Waals surface area contributed by atoms with Gasteiger partial charge >= 0.3 is 0 Å². The van der Waals surface area contributed by atoms with Gasteiger partial charge in [0, 0.05) is 29.2 Å². The van der Waals surface area contributed by atoms with E-state index in [0.717, 1.165) is 0 Å². The van der Waals surface area contributed by atoms with E-state index in [4.69, 9.17) is 23.2 Å². The molecule has 0 aliphatic heterocycles. The number of phenolic OH excluding ortho intramolecular Hbond substituents is 1. The average Bonchev–Trinajstić information content (AvgIpc) is 2.49. The van der Waals surface area contributed by atoms with Gasteiger partial charge in [-0.2, -0.15) is 0 Å². The zero-order valence-electron chi connectivity index (χ0n) is 11.7. The average molecular weight is 338 g/mol. The SMILES string of the molecule is CN(Cc1c(Cl)cccc1Cl)C(=O)c1cccc(O)c1C=O. The second-order valence-corrected chi connectivity index (χ2v) is 5.53. The summed E-state index contributed by atoms with van der Waals surface area (Å²) in [6.07, 6.45) is 0.457. The van der Waals surface area contributed by atoms with Crippen LogP contribution in [0.15, 0.2) is 36.4 Å². The number of hydrogen-bond donors (Lipinski definition) is 1. The molecule has 0 saturated carbocycles. The van der Waals surface area contributed by atoms with Crippen molar-refractivity contribution in [3.63, 3.8) is 0 Å². The lowest BCUT2D eigenvalue weighted by molar-refractivity contribution is 0.0781. The Kier molecular flexibility index (Phi) is 5.06. The van der Waals surface area contributed by atoms with Gasteiger partial charge in [0.2, 0.25) is 0 Å². The second-order valence-electron chi connectivity index (χ2n) is 4.72. The summed E-state index contributed by atoms with van der Waals surface area (Å²) in [7, 11) is 1.57. The van der Waals surface area contributed by atoms with E-state index in [1.54, 1.807) is 25.2 Å². The minimum atomic E-state index is -0.408. The van der Waals surface area contributed by atoms with Gasteiger partial charge < -0.3 is 10.0 Å². The van der Waals surface area contributed by atoms with E-state index < -0.39 is 5.91 Å². The number of amides is 1. The van der Waals surface area contributed by atoms with Crippen LogP contribution in [0.1, 0.15) is 26.3 Å². The maximum absolute atomic E-state index is 12.5. The van der Waals surface area contributed by atoms with Crippen LogP contribution in [-0.2, 0) is 6.54 Å². The lowest BCUT2D eigenvalue weighted by atomic mass is 10.1. The molecule has 4 nitrogen and oxygen atoms in total. The molecule has 0 fully saturated rings. The molecule has 6 heteroatoms. The number of phenols is 1. The van der Waals surface area contributed by atoms with E-state index >= 15 is 0 Å². The topological polar surface area (TPSA) is 57.6 Å². The van der Waals surface area contributed by atoms with Crippen LogP contribution in [0.25, 0.3) is 0 Å². The Morgan fingerprint density at radius 3 is 2.36 bits per heavy atom. The Bertz CT molecular complexity index is 711. The number of carbonyl (C=O) groups excluding carboxylic acids is 2. The highest BCUT2D eigenvalue weighted by Gasteiger charge is 2.19. The van der Waals surface area contributed by atoms with E-state index in [2.05, 4.69) is 0 Å². The first-order valence-corrected chi connectivity index (χ1v) is 7.16. The summed E-state index contributed by atoms with van der Waals surface area (Å²) in [4.78, 5) is 24.9. The summed E-state index contributed by atoms with van der Waals surface area (Å²) in [6, 6.07) is 9.43. The van der Waals surface area contributed by atoms with Crippen molar-refractivity contribution in [1.29, 1.82) is 0 Å². The smallest absolute Gasteiger partial charge is 0.254 e. The van der Waals surface area contributed by atoms with E-state index in [-0.39, 0.29) is 23.4 Å². The van der Waals surface area contributed by atoms with E-state index in [0.29, 0.717) is 21.9 Å². The molecule has 2 aromatic carbocycles. The summed E-state index contributed by atoms with van der Waals surface area (Å²) in [5.41, 5.74) is 0.708. The van der Waals surface area contributed by atoms with Gasteiger partial charge in [0.15, 0.2) is 6.29 Å². The Labute approximate surface area is 137 Å². The minimum absolute atomic E-state index is 0.0374. The molecule has 0 radical (unpaired) electrons. The predicted octanol–water partition coefficient (Wildman–Crippen LogP) is 3.78. The van der Waals surface area contributed by atoms with Gasteiger partial charge in [0.05, 0.1) is 11.1 Å². The third-order valence-corrected chi connectivity index (χ3v) is 3.94. The van der Waals surface area contributed by atoms with Crippen LogP contribution in [0.5, 0.6) is 5.75 Å². The van der Waals surface area contributed by atoms with Gasteiger partial charge in [-0.15, -0.1) is 0 Å². The molecule has 2 rings (SSSR count). The standard InChI is InChI=1S/C16H13Cl2NO3/c1-19(8-11-13(17)5-3-6-14(11)18)16(22)10-4-2-7-15(21)12(10)9-20/h2-7,9,21H,8H2,1H3. The van der Waals surface area contributed by atoms with E-state index in [1.165, 1.54) is 23.1 Å². The largest absolute Gasteiger partial charge is 0.507 e. The van der Waals surface area contributed by atoms with Crippen LogP contribution in [-0.4, -0.2) is 29.2 Å². The van der Waals surface area contributed by atoms with Crippen molar-refractivity contribution in [2.24, 2.45) is 0 Å². The lowest BCUT2D eigenvalue weighted by Crippen LogP contribution is -2.27. The molecule has 22 heavy (non-hydrogen) atoms. The van der Waals surface area contributed by atoms with Gasteiger partial charge in [-0.1, -0.05) is 35.3 Å². The van der Waals surface area contributed by atoms with Gasteiger partial charge in [0.1, 0.15) is 5.75 Å². The highest BCUT2D eigenvalue weighted by atomic mass is 35.5. The van der Waals surface area contributed by atoms with Gasteiger partial charge in [0.25, 0.3) is 5.91 Å². The highest BCUT2D eigenvalue weighted by Crippen LogP contribution is 2.26. The van der Waals surface area contributed by atoms with Crippen molar-refractivity contribution in [3.8, 4) is 5.75 Å². The summed E-state index contributed by atoms with van der Waals surface area (Å²) < 4.78 is 0. The Balaban J connectivity index is 2.31. The van der Waals surface area contributed by atoms with Crippen molar-refractivity contribution in [2.75, 3.05) is 7.05 Å². The number of rotatable bonds is 4. The van der Waals surface area contributed by atoms with E-state index in [9.17, 15) is 14.7 Å². The molecule has 0 aliphatic rings. The Morgan fingerprint density at radius 1 is 1.18 bits per heavy atom.